The van der Waals surface area contributed by atoms with Gasteiger partial charge in [-0.25, -0.2) is 13.1 Å². The van der Waals surface area contributed by atoms with Crippen molar-refractivity contribution in [1.82, 2.24) is 4.72 Å². The number of carboxylic acid groups (broad SMARTS) is 1. The lowest BCUT2D eigenvalue weighted by Crippen LogP contribution is -2.35. The third-order valence-electron chi connectivity index (χ3n) is 2.89. The largest absolute Gasteiger partial charge is 0.481 e. The number of nitrogens with zero attached hydrogens (tertiary/aromatic N) is 1. The molecule has 0 heterocycles. The Morgan fingerprint density at radius 1 is 1.45 bits per heavy atom. The number of nitriles is 1. The molecule has 0 radical (unpaired) electrons. The highest BCUT2D eigenvalue weighted by molar-refractivity contribution is 7.89. The fourth-order valence-corrected chi connectivity index (χ4v) is 2.73. The molecule has 20 heavy (non-hydrogen) atoms. The van der Waals surface area contributed by atoms with Crippen molar-refractivity contribution < 1.29 is 18.3 Å². The number of sulfonamides is 1. The molecule has 0 fully saturated rings. The number of nitrogens with one attached hydrogen (secondary N) is 1. The highest BCUT2D eigenvalue weighted by Crippen LogP contribution is 2.14. The Labute approximate surface area is 118 Å². The summed E-state index contributed by atoms with van der Waals surface area (Å²) in [4.78, 5) is 11.0. The lowest BCUT2D eigenvalue weighted by atomic mass is 9.97. The molecule has 0 aliphatic heterocycles. The summed E-state index contributed by atoms with van der Waals surface area (Å²) < 4.78 is 26.3. The maximum Gasteiger partial charge on any atom is 0.308 e. The number of carboxylic acids is 1. The summed E-state index contributed by atoms with van der Waals surface area (Å²) in [6, 6.07) is 7.41. The van der Waals surface area contributed by atoms with Crippen molar-refractivity contribution in [1.29, 1.82) is 5.26 Å². The zero-order chi connectivity index (χ0) is 15.3. The molecule has 0 aliphatic carbocycles. The van der Waals surface area contributed by atoms with E-state index in [-0.39, 0.29) is 22.9 Å². The van der Waals surface area contributed by atoms with Gasteiger partial charge in [0.05, 0.1) is 22.4 Å². The Hall–Kier alpha value is -1.91. The molecule has 7 heteroatoms. The zero-order valence-corrected chi connectivity index (χ0v) is 12.0. The second kappa shape index (κ2) is 6.50. The Bertz CT molecular complexity index is 632. The van der Waals surface area contributed by atoms with Gasteiger partial charge in [-0.3, -0.25) is 4.79 Å². The summed E-state index contributed by atoms with van der Waals surface area (Å²) >= 11 is 0. The van der Waals surface area contributed by atoms with Gasteiger partial charge in [0.2, 0.25) is 10.0 Å². The molecule has 0 aliphatic rings. The van der Waals surface area contributed by atoms with Crippen LogP contribution in [0.2, 0.25) is 0 Å². The number of benzene rings is 1. The monoisotopic (exact) mass is 296 g/mol. The maximum absolute atomic E-state index is 12.0. The minimum atomic E-state index is -3.82. The van der Waals surface area contributed by atoms with E-state index in [1.54, 1.807) is 13.8 Å². The normalized spacial score (nSPS) is 12.9. The van der Waals surface area contributed by atoms with Crippen LogP contribution in [0.15, 0.2) is 29.2 Å². The minimum absolute atomic E-state index is 0.0514. The molecule has 2 N–H and O–H groups in total. The van der Waals surface area contributed by atoms with Gasteiger partial charge in [0.15, 0.2) is 0 Å². The molecule has 1 aromatic rings. The molecule has 108 valence electrons. The number of rotatable bonds is 6. The molecular weight excluding hydrogens is 280 g/mol. The summed E-state index contributed by atoms with van der Waals surface area (Å²) in [5.41, 5.74) is 0.228. The molecular formula is C13H16N2O4S. The average Bonchev–Trinajstić information content (AvgIpc) is 2.38. The highest BCUT2D eigenvalue weighted by atomic mass is 32.2. The third kappa shape index (κ3) is 4.05. The Morgan fingerprint density at radius 3 is 2.60 bits per heavy atom. The molecule has 1 atom stereocenters. The summed E-state index contributed by atoms with van der Waals surface area (Å²) in [6.45, 7) is 3.24. The quantitative estimate of drug-likeness (QED) is 0.820. The van der Waals surface area contributed by atoms with Crippen molar-refractivity contribution in [2.45, 2.75) is 18.7 Å². The van der Waals surface area contributed by atoms with Crippen LogP contribution in [0.4, 0.5) is 0 Å². The SMILES string of the molecule is CC(C)C(CNS(=O)(=O)c1cccc(C#N)c1)C(=O)O. The van der Waals surface area contributed by atoms with Gasteiger partial charge in [0, 0.05) is 6.54 Å². The highest BCUT2D eigenvalue weighted by Gasteiger charge is 2.24. The average molecular weight is 296 g/mol. The smallest absolute Gasteiger partial charge is 0.308 e. The van der Waals surface area contributed by atoms with Crippen LogP contribution in [0.3, 0.4) is 0 Å². The van der Waals surface area contributed by atoms with Crippen molar-refractivity contribution in [2.75, 3.05) is 6.54 Å². The Kier molecular flexibility index (Phi) is 5.25. The second-order valence-electron chi connectivity index (χ2n) is 4.68. The van der Waals surface area contributed by atoms with Crippen LogP contribution in [0.25, 0.3) is 0 Å². The summed E-state index contributed by atoms with van der Waals surface area (Å²) in [5.74, 6) is -2.04. The summed E-state index contributed by atoms with van der Waals surface area (Å²) in [7, 11) is -3.82. The van der Waals surface area contributed by atoms with Gasteiger partial charge in [-0.05, 0) is 24.1 Å². The first-order chi connectivity index (χ1) is 9.27. The Balaban J connectivity index is 2.90. The molecule has 1 unspecified atom stereocenters. The topological polar surface area (TPSA) is 107 Å². The van der Waals surface area contributed by atoms with Crippen molar-refractivity contribution in [3.05, 3.63) is 29.8 Å². The van der Waals surface area contributed by atoms with E-state index >= 15 is 0 Å². The fraction of sp³-hybridized carbons (Fsp3) is 0.385. The first-order valence-electron chi connectivity index (χ1n) is 6.00. The van der Waals surface area contributed by atoms with E-state index in [4.69, 9.17) is 10.4 Å². The van der Waals surface area contributed by atoms with Gasteiger partial charge < -0.3 is 5.11 Å². The molecule has 0 aromatic heterocycles. The minimum Gasteiger partial charge on any atom is -0.481 e. The van der Waals surface area contributed by atoms with E-state index in [0.717, 1.165) is 0 Å². The molecule has 0 saturated carbocycles. The van der Waals surface area contributed by atoms with E-state index in [2.05, 4.69) is 4.72 Å². The van der Waals surface area contributed by atoms with Crippen LogP contribution in [0.5, 0.6) is 0 Å². The van der Waals surface area contributed by atoms with Crippen molar-refractivity contribution in [3.63, 3.8) is 0 Å². The molecule has 0 bridgehead atoms. The lowest BCUT2D eigenvalue weighted by molar-refractivity contribution is -0.142. The standard InChI is InChI=1S/C13H16N2O4S/c1-9(2)12(13(16)17)8-15-20(18,19)11-5-3-4-10(6-11)7-14/h3-6,9,12,15H,8H2,1-2H3,(H,16,17). The summed E-state index contributed by atoms with van der Waals surface area (Å²) in [5, 5.41) is 17.8. The second-order valence-corrected chi connectivity index (χ2v) is 6.45. The van der Waals surface area contributed by atoms with E-state index in [0.29, 0.717) is 0 Å². The summed E-state index contributed by atoms with van der Waals surface area (Å²) in [6.07, 6.45) is 0. The first kappa shape index (κ1) is 16.1. The third-order valence-corrected chi connectivity index (χ3v) is 4.31. The molecule has 1 rings (SSSR count). The Morgan fingerprint density at radius 2 is 2.10 bits per heavy atom. The predicted octanol–water partition coefficient (Wildman–Crippen LogP) is 1.19. The number of aliphatic carboxylic acids is 1. The van der Waals surface area contributed by atoms with Crippen LogP contribution in [0.1, 0.15) is 19.4 Å². The molecule has 0 spiro atoms. The number of hydrogen-bond acceptors (Lipinski definition) is 4. The molecule has 0 saturated heterocycles. The van der Waals surface area contributed by atoms with E-state index in [1.807, 2.05) is 6.07 Å². The van der Waals surface area contributed by atoms with Gasteiger partial charge in [-0.2, -0.15) is 5.26 Å². The van der Waals surface area contributed by atoms with Crippen LogP contribution in [-0.2, 0) is 14.8 Å². The van der Waals surface area contributed by atoms with E-state index < -0.39 is 21.9 Å². The van der Waals surface area contributed by atoms with E-state index in [9.17, 15) is 13.2 Å². The van der Waals surface area contributed by atoms with Gasteiger partial charge in [-0.15, -0.1) is 0 Å². The van der Waals surface area contributed by atoms with E-state index in [1.165, 1.54) is 24.3 Å². The first-order valence-corrected chi connectivity index (χ1v) is 7.49. The van der Waals surface area contributed by atoms with Crippen molar-refractivity contribution in [3.8, 4) is 6.07 Å². The predicted molar refractivity (Wildman–Crippen MR) is 72.3 cm³/mol. The van der Waals surface area contributed by atoms with Crippen molar-refractivity contribution in [2.24, 2.45) is 11.8 Å². The van der Waals surface area contributed by atoms with Crippen LogP contribution >= 0.6 is 0 Å². The van der Waals surface area contributed by atoms with Gasteiger partial charge in [-0.1, -0.05) is 19.9 Å². The fourth-order valence-electron chi connectivity index (χ4n) is 1.62. The number of carbonyl (C=O) groups is 1. The van der Waals surface area contributed by atoms with Gasteiger partial charge in [0.1, 0.15) is 0 Å². The zero-order valence-electron chi connectivity index (χ0n) is 11.2. The van der Waals surface area contributed by atoms with Gasteiger partial charge >= 0.3 is 5.97 Å². The van der Waals surface area contributed by atoms with Crippen LogP contribution in [-0.4, -0.2) is 26.0 Å². The van der Waals surface area contributed by atoms with Crippen molar-refractivity contribution >= 4 is 16.0 Å². The number of hydrogen-bond donors (Lipinski definition) is 2. The molecule has 6 nitrogen and oxygen atoms in total. The maximum atomic E-state index is 12.0. The lowest BCUT2D eigenvalue weighted by Gasteiger charge is -2.16. The van der Waals surface area contributed by atoms with Crippen LogP contribution < -0.4 is 4.72 Å². The van der Waals surface area contributed by atoms with Crippen LogP contribution in [0, 0.1) is 23.2 Å². The van der Waals surface area contributed by atoms with Gasteiger partial charge in [0.25, 0.3) is 0 Å². The molecule has 0 amide bonds. The molecule has 1 aromatic carbocycles.